The van der Waals surface area contributed by atoms with E-state index < -0.39 is 0 Å². The summed E-state index contributed by atoms with van der Waals surface area (Å²) in [5, 5.41) is 3.37. The topological polar surface area (TPSA) is 47.3 Å². The van der Waals surface area contributed by atoms with E-state index in [-0.39, 0.29) is 0 Å². The fraction of sp³-hybridized carbons (Fsp3) is 1.00. The van der Waals surface area contributed by atoms with Crippen LogP contribution in [0, 0.1) is 5.41 Å². The molecule has 3 N–H and O–H groups in total. The van der Waals surface area contributed by atoms with Crippen molar-refractivity contribution >= 4 is 0 Å². The first-order valence-electron chi connectivity index (χ1n) is 4.25. The van der Waals surface area contributed by atoms with Crippen LogP contribution in [0.3, 0.4) is 0 Å². The maximum atomic E-state index is 5.36. The maximum absolute atomic E-state index is 5.36. The van der Waals surface area contributed by atoms with Crippen LogP contribution in [-0.2, 0) is 4.74 Å². The molecule has 66 valence electrons. The van der Waals surface area contributed by atoms with Crippen molar-refractivity contribution in [3.8, 4) is 0 Å². The van der Waals surface area contributed by atoms with Gasteiger partial charge in [0.05, 0.1) is 13.2 Å². The molecule has 0 unspecified atom stereocenters. The molecule has 0 spiro atoms. The summed E-state index contributed by atoms with van der Waals surface area (Å²) in [7, 11) is 0. The lowest BCUT2D eigenvalue weighted by molar-refractivity contribution is -0.0989. The fourth-order valence-electron chi connectivity index (χ4n) is 1.17. The normalized spacial score (nSPS) is 21.3. The van der Waals surface area contributed by atoms with Gasteiger partial charge < -0.3 is 15.8 Å². The lowest BCUT2D eigenvalue weighted by Crippen LogP contribution is -2.47. The van der Waals surface area contributed by atoms with E-state index in [2.05, 4.69) is 12.2 Å². The van der Waals surface area contributed by atoms with Crippen molar-refractivity contribution < 1.29 is 4.74 Å². The van der Waals surface area contributed by atoms with Crippen LogP contribution in [0.1, 0.15) is 13.3 Å². The Labute approximate surface area is 68.3 Å². The van der Waals surface area contributed by atoms with E-state index in [9.17, 15) is 0 Å². The quantitative estimate of drug-likeness (QED) is 0.552. The number of rotatable bonds is 5. The average Bonchev–Trinajstić information content (AvgIpc) is 1.95. The van der Waals surface area contributed by atoms with E-state index >= 15 is 0 Å². The molecule has 0 radical (unpaired) electrons. The number of hydrogen-bond donors (Lipinski definition) is 2. The van der Waals surface area contributed by atoms with Crippen molar-refractivity contribution in [3.05, 3.63) is 0 Å². The van der Waals surface area contributed by atoms with Crippen LogP contribution in [-0.4, -0.2) is 32.8 Å². The third kappa shape index (κ3) is 2.77. The largest absolute Gasteiger partial charge is 0.380 e. The second kappa shape index (κ2) is 4.04. The van der Waals surface area contributed by atoms with Crippen molar-refractivity contribution in [2.24, 2.45) is 11.1 Å². The molecule has 0 aromatic rings. The number of nitrogens with one attached hydrogen (secondary N) is 1. The predicted octanol–water partition coefficient (Wildman–Crippen LogP) is -0.0387. The molecule has 11 heavy (non-hydrogen) atoms. The van der Waals surface area contributed by atoms with Crippen molar-refractivity contribution in [2.75, 3.05) is 32.8 Å². The van der Waals surface area contributed by atoms with Gasteiger partial charge in [0.1, 0.15) is 0 Å². The van der Waals surface area contributed by atoms with Gasteiger partial charge in [-0.15, -0.1) is 0 Å². The van der Waals surface area contributed by atoms with Crippen molar-refractivity contribution in [1.82, 2.24) is 5.32 Å². The molecule has 0 aromatic heterocycles. The minimum atomic E-state index is 0.397. The molecular weight excluding hydrogens is 140 g/mol. The van der Waals surface area contributed by atoms with E-state index in [4.69, 9.17) is 10.5 Å². The Bertz CT molecular complexity index is 113. The highest BCUT2D eigenvalue weighted by Gasteiger charge is 2.32. The molecule has 3 nitrogen and oxygen atoms in total. The third-order valence-corrected chi connectivity index (χ3v) is 2.01. The van der Waals surface area contributed by atoms with E-state index in [0.29, 0.717) is 5.41 Å². The lowest BCUT2D eigenvalue weighted by Gasteiger charge is -2.38. The summed E-state index contributed by atoms with van der Waals surface area (Å²) in [5.41, 5.74) is 5.76. The zero-order valence-electron chi connectivity index (χ0n) is 7.23. The number of hydrogen-bond acceptors (Lipinski definition) is 3. The first-order chi connectivity index (χ1) is 5.27. The molecule has 0 bridgehead atoms. The van der Waals surface area contributed by atoms with Gasteiger partial charge in [-0.25, -0.2) is 0 Å². The molecular formula is C8H18N2O. The molecule has 0 atom stereocenters. The molecule has 1 heterocycles. The summed E-state index contributed by atoms with van der Waals surface area (Å²) in [4.78, 5) is 0. The second-order valence-electron chi connectivity index (χ2n) is 3.62. The molecule has 0 aliphatic carbocycles. The van der Waals surface area contributed by atoms with Gasteiger partial charge in [0.2, 0.25) is 0 Å². The van der Waals surface area contributed by atoms with Crippen molar-refractivity contribution in [2.45, 2.75) is 13.3 Å². The Morgan fingerprint density at radius 2 is 2.27 bits per heavy atom. The van der Waals surface area contributed by atoms with Crippen LogP contribution in [0.25, 0.3) is 0 Å². The van der Waals surface area contributed by atoms with Gasteiger partial charge in [-0.2, -0.15) is 0 Å². The van der Waals surface area contributed by atoms with E-state index in [1.165, 1.54) is 0 Å². The highest BCUT2D eigenvalue weighted by molar-refractivity contribution is 4.82. The predicted molar refractivity (Wildman–Crippen MR) is 45.5 cm³/mol. The number of nitrogens with two attached hydrogens (primary N) is 1. The van der Waals surface area contributed by atoms with Gasteiger partial charge in [-0.1, -0.05) is 6.92 Å². The first-order valence-corrected chi connectivity index (χ1v) is 4.25. The Morgan fingerprint density at radius 1 is 1.55 bits per heavy atom. The second-order valence-corrected chi connectivity index (χ2v) is 3.62. The zero-order valence-corrected chi connectivity index (χ0v) is 7.23. The zero-order chi connectivity index (χ0) is 8.16. The molecule has 0 aromatic carbocycles. The van der Waals surface area contributed by atoms with Gasteiger partial charge in [0, 0.05) is 12.0 Å². The van der Waals surface area contributed by atoms with Crippen LogP contribution >= 0.6 is 0 Å². The van der Waals surface area contributed by atoms with Crippen LogP contribution in [0.15, 0.2) is 0 Å². The van der Waals surface area contributed by atoms with Gasteiger partial charge in [0.25, 0.3) is 0 Å². The van der Waals surface area contributed by atoms with E-state index in [0.717, 1.165) is 39.3 Å². The molecule has 1 fully saturated rings. The van der Waals surface area contributed by atoms with Crippen LogP contribution in [0.5, 0.6) is 0 Å². The van der Waals surface area contributed by atoms with Crippen LogP contribution in [0.4, 0.5) is 0 Å². The van der Waals surface area contributed by atoms with Gasteiger partial charge in [-0.3, -0.25) is 0 Å². The SMILES string of the molecule is CC1(CNCCCN)COC1. The minimum Gasteiger partial charge on any atom is -0.380 e. The summed E-state index contributed by atoms with van der Waals surface area (Å²) < 4.78 is 5.13. The van der Waals surface area contributed by atoms with E-state index in [1.807, 2.05) is 0 Å². The average molecular weight is 158 g/mol. The molecule has 3 heteroatoms. The van der Waals surface area contributed by atoms with Gasteiger partial charge >= 0.3 is 0 Å². The lowest BCUT2D eigenvalue weighted by atomic mass is 9.89. The molecule has 0 saturated carbocycles. The van der Waals surface area contributed by atoms with Crippen molar-refractivity contribution in [3.63, 3.8) is 0 Å². The number of ether oxygens (including phenoxy) is 1. The Morgan fingerprint density at radius 3 is 2.73 bits per heavy atom. The standard InChI is InChI=1S/C8H18N2O/c1-8(6-11-7-8)5-10-4-2-3-9/h10H,2-7,9H2,1H3. The smallest absolute Gasteiger partial charge is 0.0554 e. The van der Waals surface area contributed by atoms with Gasteiger partial charge in [0.15, 0.2) is 0 Å². The highest BCUT2D eigenvalue weighted by Crippen LogP contribution is 2.24. The van der Waals surface area contributed by atoms with Crippen LogP contribution < -0.4 is 11.1 Å². The van der Waals surface area contributed by atoms with Gasteiger partial charge in [-0.05, 0) is 19.5 Å². The maximum Gasteiger partial charge on any atom is 0.0554 e. The summed E-state index contributed by atoms with van der Waals surface area (Å²) >= 11 is 0. The van der Waals surface area contributed by atoms with E-state index in [1.54, 1.807) is 0 Å². The molecule has 1 rings (SSSR count). The minimum absolute atomic E-state index is 0.397. The van der Waals surface area contributed by atoms with Crippen molar-refractivity contribution in [1.29, 1.82) is 0 Å². The highest BCUT2D eigenvalue weighted by atomic mass is 16.5. The Hall–Kier alpha value is -0.120. The van der Waals surface area contributed by atoms with Crippen LogP contribution in [0.2, 0.25) is 0 Å². The molecule has 1 aliphatic rings. The summed E-state index contributed by atoms with van der Waals surface area (Å²) in [6.07, 6.45) is 1.07. The summed E-state index contributed by atoms with van der Waals surface area (Å²) in [6.45, 7) is 6.93. The Kier molecular flexibility index (Phi) is 3.30. The molecule has 0 amide bonds. The molecule has 1 saturated heterocycles. The molecule has 1 aliphatic heterocycles. The summed E-state index contributed by atoms with van der Waals surface area (Å²) in [6, 6.07) is 0. The monoisotopic (exact) mass is 158 g/mol. The summed E-state index contributed by atoms with van der Waals surface area (Å²) in [5.74, 6) is 0. The first kappa shape index (κ1) is 8.97. The fourth-order valence-corrected chi connectivity index (χ4v) is 1.17. The third-order valence-electron chi connectivity index (χ3n) is 2.01. The Balaban J connectivity index is 1.94.